The number of carbonyl (C=O) groups excluding carboxylic acids is 3. The molecule has 174 valence electrons. The standard InChI is InChI=1S/C24H25N7O3/c32-22(16-10-12-19(13-11-16)30-15-25-28-29-30)26-27-23(33)21-14-18-8-4-5-9-20(18)31(21)24(34)17-6-2-1-3-7-17/h1-3,6-7,10-13,15,18,20-21H,4-5,8-9,14H2,(H,26,32)(H,27,33). The molecule has 0 spiro atoms. The van der Waals surface area contributed by atoms with E-state index in [1.807, 2.05) is 18.2 Å². The van der Waals surface area contributed by atoms with Gasteiger partial charge in [-0.05, 0) is 72.0 Å². The molecule has 3 aromatic rings. The third kappa shape index (κ3) is 4.26. The number of aromatic nitrogens is 4. The van der Waals surface area contributed by atoms with E-state index in [2.05, 4.69) is 26.4 Å². The molecular formula is C24H25N7O3. The second kappa shape index (κ2) is 9.42. The smallest absolute Gasteiger partial charge is 0.269 e. The summed E-state index contributed by atoms with van der Waals surface area (Å²) in [4.78, 5) is 40.8. The number of hydrogen-bond donors (Lipinski definition) is 2. The Morgan fingerprint density at radius 3 is 2.38 bits per heavy atom. The number of tetrazole rings is 1. The molecule has 2 N–H and O–H groups in total. The molecule has 3 atom stereocenters. The lowest BCUT2D eigenvalue weighted by Crippen LogP contribution is -2.53. The van der Waals surface area contributed by atoms with Crippen molar-refractivity contribution in [2.75, 3.05) is 0 Å². The first kappa shape index (κ1) is 21.7. The summed E-state index contributed by atoms with van der Waals surface area (Å²) < 4.78 is 1.47. The molecule has 1 saturated heterocycles. The molecule has 1 aliphatic carbocycles. The number of benzene rings is 2. The van der Waals surface area contributed by atoms with E-state index in [1.54, 1.807) is 41.3 Å². The summed E-state index contributed by atoms with van der Waals surface area (Å²) in [6.07, 6.45) is 6.12. The third-order valence-electron chi connectivity index (χ3n) is 6.69. The number of amides is 3. The van der Waals surface area contributed by atoms with Gasteiger partial charge in [0.05, 0.1) is 5.69 Å². The predicted octanol–water partition coefficient (Wildman–Crippen LogP) is 1.90. The van der Waals surface area contributed by atoms with E-state index in [4.69, 9.17) is 0 Å². The summed E-state index contributed by atoms with van der Waals surface area (Å²) in [7, 11) is 0. The van der Waals surface area contributed by atoms with E-state index in [0.717, 1.165) is 25.7 Å². The lowest BCUT2D eigenvalue weighted by atomic mass is 9.84. The fraction of sp³-hybridized carbons (Fsp3) is 0.333. The normalized spacial score (nSPS) is 21.5. The topological polar surface area (TPSA) is 122 Å². The lowest BCUT2D eigenvalue weighted by Gasteiger charge is -2.33. The van der Waals surface area contributed by atoms with Crippen molar-refractivity contribution in [2.45, 2.75) is 44.2 Å². The minimum absolute atomic E-state index is 0.0479. The van der Waals surface area contributed by atoms with Crippen molar-refractivity contribution in [3.8, 4) is 5.69 Å². The maximum atomic E-state index is 13.3. The molecule has 2 aromatic carbocycles. The Balaban J connectivity index is 1.27. The van der Waals surface area contributed by atoms with Gasteiger partial charge in [-0.25, -0.2) is 4.68 Å². The second-order valence-electron chi connectivity index (χ2n) is 8.69. The minimum Gasteiger partial charge on any atom is -0.323 e. The average Bonchev–Trinajstić information content (AvgIpc) is 3.56. The zero-order valence-electron chi connectivity index (χ0n) is 18.5. The van der Waals surface area contributed by atoms with Crippen LogP contribution in [0.4, 0.5) is 0 Å². The number of likely N-dealkylation sites (tertiary alicyclic amines) is 1. The first-order chi connectivity index (χ1) is 16.6. The van der Waals surface area contributed by atoms with Crippen molar-refractivity contribution in [3.63, 3.8) is 0 Å². The van der Waals surface area contributed by atoms with E-state index in [1.165, 1.54) is 11.0 Å². The van der Waals surface area contributed by atoms with Gasteiger partial charge in [0, 0.05) is 17.2 Å². The van der Waals surface area contributed by atoms with Crippen LogP contribution in [0.2, 0.25) is 0 Å². The molecular weight excluding hydrogens is 434 g/mol. The van der Waals surface area contributed by atoms with Gasteiger partial charge in [-0.1, -0.05) is 31.0 Å². The van der Waals surface area contributed by atoms with Crippen molar-refractivity contribution in [3.05, 3.63) is 72.1 Å². The Morgan fingerprint density at radius 2 is 1.65 bits per heavy atom. The molecule has 2 heterocycles. The highest BCUT2D eigenvalue weighted by molar-refractivity contribution is 5.99. The number of nitrogens with one attached hydrogen (secondary N) is 2. The Morgan fingerprint density at radius 1 is 0.882 bits per heavy atom. The molecule has 2 aliphatic rings. The molecule has 1 saturated carbocycles. The first-order valence-corrected chi connectivity index (χ1v) is 11.4. The number of carbonyl (C=O) groups is 3. The Hall–Kier alpha value is -4.08. The number of rotatable bonds is 4. The van der Waals surface area contributed by atoms with Crippen LogP contribution >= 0.6 is 0 Å². The summed E-state index contributed by atoms with van der Waals surface area (Å²) >= 11 is 0. The molecule has 1 aliphatic heterocycles. The molecule has 10 heteroatoms. The lowest BCUT2D eigenvalue weighted by molar-refractivity contribution is -0.126. The zero-order valence-corrected chi connectivity index (χ0v) is 18.5. The van der Waals surface area contributed by atoms with Crippen LogP contribution in [0.1, 0.15) is 52.8 Å². The molecule has 3 amide bonds. The Kier molecular flexibility index (Phi) is 6.03. The summed E-state index contributed by atoms with van der Waals surface area (Å²) in [5, 5.41) is 11.0. The zero-order chi connectivity index (χ0) is 23.5. The van der Waals surface area contributed by atoms with Crippen LogP contribution in [0.15, 0.2) is 60.9 Å². The molecule has 5 rings (SSSR count). The van der Waals surface area contributed by atoms with E-state index in [-0.39, 0.29) is 17.9 Å². The summed E-state index contributed by atoms with van der Waals surface area (Å²) in [6.45, 7) is 0. The van der Waals surface area contributed by atoms with E-state index >= 15 is 0 Å². The van der Waals surface area contributed by atoms with Crippen LogP contribution in [0.5, 0.6) is 0 Å². The van der Waals surface area contributed by atoms with Gasteiger partial charge in [-0.2, -0.15) is 0 Å². The van der Waals surface area contributed by atoms with Crippen LogP contribution in [0.25, 0.3) is 5.69 Å². The summed E-state index contributed by atoms with van der Waals surface area (Å²) in [6, 6.07) is 15.1. The summed E-state index contributed by atoms with van der Waals surface area (Å²) in [5.74, 6) is -0.670. The van der Waals surface area contributed by atoms with Gasteiger partial charge in [0.1, 0.15) is 12.4 Å². The quantitative estimate of drug-likeness (QED) is 0.575. The minimum atomic E-state index is -0.622. The first-order valence-electron chi connectivity index (χ1n) is 11.4. The van der Waals surface area contributed by atoms with E-state index < -0.39 is 11.9 Å². The average molecular weight is 460 g/mol. The number of nitrogens with zero attached hydrogens (tertiary/aromatic N) is 5. The second-order valence-corrected chi connectivity index (χ2v) is 8.69. The molecule has 3 unspecified atom stereocenters. The van der Waals surface area contributed by atoms with Gasteiger partial charge in [-0.3, -0.25) is 25.2 Å². The van der Waals surface area contributed by atoms with Gasteiger partial charge in [0.2, 0.25) is 0 Å². The maximum Gasteiger partial charge on any atom is 0.269 e. The predicted molar refractivity (Wildman–Crippen MR) is 122 cm³/mol. The third-order valence-corrected chi connectivity index (χ3v) is 6.69. The summed E-state index contributed by atoms with van der Waals surface area (Å²) in [5.41, 5.74) is 6.67. The van der Waals surface area contributed by atoms with Gasteiger partial charge in [0.25, 0.3) is 17.7 Å². The van der Waals surface area contributed by atoms with Crippen molar-refractivity contribution in [1.82, 2.24) is 36.0 Å². The SMILES string of the molecule is O=C(NNC(=O)C1CC2CCCCC2N1C(=O)c1ccccc1)c1ccc(-n2cnnn2)cc1. The monoisotopic (exact) mass is 459 g/mol. The van der Waals surface area contributed by atoms with Crippen molar-refractivity contribution in [1.29, 1.82) is 0 Å². The fourth-order valence-corrected chi connectivity index (χ4v) is 5.03. The van der Waals surface area contributed by atoms with Crippen LogP contribution in [0.3, 0.4) is 0 Å². The Bertz CT molecular complexity index is 1170. The van der Waals surface area contributed by atoms with Crippen LogP contribution < -0.4 is 10.9 Å². The van der Waals surface area contributed by atoms with Crippen LogP contribution in [0, 0.1) is 5.92 Å². The molecule has 1 aromatic heterocycles. The number of hydrogen-bond acceptors (Lipinski definition) is 6. The number of hydrazine groups is 1. The largest absolute Gasteiger partial charge is 0.323 e. The van der Waals surface area contributed by atoms with Crippen molar-refractivity contribution in [2.24, 2.45) is 5.92 Å². The van der Waals surface area contributed by atoms with Gasteiger partial charge >= 0.3 is 0 Å². The molecule has 34 heavy (non-hydrogen) atoms. The highest BCUT2D eigenvalue weighted by atomic mass is 16.2. The van der Waals surface area contributed by atoms with Gasteiger partial charge < -0.3 is 4.90 Å². The molecule has 0 radical (unpaired) electrons. The van der Waals surface area contributed by atoms with Gasteiger partial charge in [-0.15, -0.1) is 5.10 Å². The van der Waals surface area contributed by atoms with Crippen molar-refractivity contribution < 1.29 is 14.4 Å². The van der Waals surface area contributed by atoms with E-state index in [0.29, 0.717) is 29.2 Å². The highest BCUT2D eigenvalue weighted by Gasteiger charge is 2.47. The molecule has 0 bridgehead atoms. The fourth-order valence-electron chi connectivity index (χ4n) is 5.03. The van der Waals surface area contributed by atoms with Gasteiger partial charge in [0.15, 0.2) is 0 Å². The van der Waals surface area contributed by atoms with Crippen LogP contribution in [-0.4, -0.2) is 54.9 Å². The van der Waals surface area contributed by atoms with E-state index in [9.17, 15) is 14.4 Å². The van der Waals surface area contributed by atoms with Crippen LogP contribution in [-0.2, 0) is 4.79 Å². The maximum absolute atomic E-state index is 13.3. The number of fused-ring (bicyclic) bond motifs is 1. The Labute approximate surface area is 196 Å². The molecule has 2 fully saturated rings. The molecule has 10 nitrogen and oxygen atoms in total. The highest BCUT2D eigenvalue weighted by Crippen LogP contribution is 2.40. The van der Waals surface area contributed by atoms with Crippen molar-refractivity contribution >= 4 is 17.7 Å².